The maximum absolute atomic E-state index is 12.4. The van der Waals surface area contributed by atoms with Gasteiger partial charge in [0, 0.05) is 56.1 Å². The first-order chi connectivity index (χ1) is 11.6. The van der Waals surface area contributed by atoms with E-state index in [2.05, 4.69) is 33.9 Å². The predicted octanol–water partition coefficient (Wildman–Crippen LogP) is 1.01. The second kappa shape index (κ2) is 7.49. The molecule has 1 atom stereocenters. The SMILES string of the molecule is CCN1CCN(C(C)CNC(=O)c2cc(C3CC3)[nH]c(=O)c2)CC1. The van der Waals surface area contributed by atoms with E-state index in [0.717, 1.165) is 51.3 Å². The van der Waals surface area contributed by atoms with Crippen LogP contribution in [0.15, 0.2) is 16.9 Å². The number of rotatable bonds is 6. The molecular formula is C18H28N4O2. The van der Waals surface area contributed by atoms with E-state index in [9.17, 15) is 9.59 Å². The number of nitrogens with one attached hydrogen (secondary N) is 2. The fourth-order valence-corrected chi connectivity index (χ4v) is 3.30. The van der Waals surface area contributed by atoms with Gasteiger partial charge in [-0.15, -0.1) is 0 Å². The van der Waals surface area contributed by atoms with Crippen molar-refractivity contribution in [3.8, 4) is 0 Å². The van der Waals surface area contributed by atoms with Crippen LogP contribution in [0.3, 0.4) is 0 Å². The fraction of sp³-hybridized carbons (Fsp3) is 0.667. The van der Waals surface area contributed by atoms with Crippen molar-refractivity contribution in [3.63, 3.8) is 0 Å². The number of nitrogens with zero attached hydrogens (tertiary/aromatic N) is 2. The first-order valence-electron chi connectivity index (χ1n) is 9.05. The highest BCUT2D eigenvalue weighted by molar-refractivity contribution is 5.94. The average Bonchev–Trinajstić information content (AvgIpc) is 3.44. The van der Waals surface area contributed by atoms with Gasteiger partial charge in [0.05, 0.1) is 0 Å². The van der Waals surface area contributed by atoms with Crippen molar-refractivity contribution in [1.29, 1.82) is 0 Å². The van der Waals surface area contributed by atoms with Crippen LogP contribution in [0.1, 0.15) is 48.7 Å². The van der Waals surface area contributed by atoms with Crippen LogP contribution in [0.25, 0.3) is 0 Å². The van der Waals surface area contributed by atoms with Crippen LogP contribution < -0.4 is 10.9 Å². The first-order valence-corrected chi connectivity index (χ1v) is 9.05. The number of carbonyl (C=O) groups is 1. The summed E-state index contributed by atoms with van der Waals surface area (Å²) in [6.07, 6.45) is 2.20. The summed E-state index contributed by atoms with van der Waals surface area (Å²) in [4.78, 5) is 31.8. The lowest BCUT2D eigenvalue weighted by molar-refractivity contribution is 0.0882. The molecule has 1 aliphatic carbocycles. The fourth-order valence-electron chi connectivity index (χ4n) is 3.30. The van der Waals surface area contributed by atoms with Gasteiger partial charge < -0.3 is 15.2 Å². The van der Waals surface area contributed by atoms with E-state index in [4.69, 9.17) is 0 Å². The molecule has 0 radical (unpaired) electrons. The Labute approximate surface area is 143 Å². The number of likely N-dealkylation sites (N-methyl/N-ethyl adjacent to an activating group) is 1. The van der Waals surface area contributed by atoms with Gasteiger partial charge in [-0.05, 0) is 38.3 Å². The number of piperazine rings is 1. The van der Waals surface area contributed by atoms with Crippen molar-refractivity contribution in [2.24, 2.45) is 0 Å². The summed E-state index contributed by atoms with van der Waals surface area (Å²) < 4.78 is 0. The number of hydrogen-bond acceptors (Lipinski definition) is 4. The number of aromatic nitrogens is 1. The molecule has 1 aromatic heterocycles. The van der Waals surface area contributed by atoms with E-state index in [1.54, 1.807) is 0 Å². The van der Waals surface area contributed by atoms with Gasteiger partial charge in [0.15, 0.2) is 0 Å². The Balaban J connectivity index is 1.53. The number of pyridine rings is 1. The van der Waals surface area contributed by atoms with Gasteiger partial charge in [-0.1, -0.05) is 6.92 Å². The third-order valence-corrected chi connectivity index (χ3v) is 5.18. The zero-order chi connectivity index (χ0) is 17.1. The van der Waals surface area contributed by atoms with Crippen LogP contribution in [-0.4, -0.2) is 66.0 Å². The summed E-state index contributed by atoms with van der Waals surface area (Å²) in [5.41, 5.74) is 1.19. The van der Waals surface area contributed by atoms with Crippen LogP contribution in [0, 0.1) is 0 Å². The minimum absolute atomic E-state index is 0.151. The molecule has 0 aromatic carbocycles. The van der Waals surface area contributed by atoms with Crippen LogP contribution in [0.2, 0.25) is 0 Å². The third-order valence-electron chi connectivity index (χ3n) is 5.18. The number of H-pyrrole nitrogens is 1. The van der Waals surface area contributed by atoms with Gasteiger partial charge in [-0.2, -0.15) is 0 Å². The zero-order valence-electron chi connectivity index (χ0n) is 14.7. The van der Waals surface area contributed by atoms with Crippen LogP contribution >= 0.6 is 0 Å². The molecule has 0 spiro atoms. The molecule has 6 nitrogen and oxygen atoms in total. The molecule has 2 heterocycles. The number of aromatic amines is 1. The highest BCUT2D eigenvalue weighted by atomic mass is 16.2. The van der Waals surface area contributed by atoms with Gasteiger partial charge in [0.1, 0.15) is 0 Å². The quantitative estimate of drug-likeness (QED) is 0.816. The maximum atomic E-state index is 12.4. The average molecular weight is 332 g/mol. The van der Waals surface area contributed by atoms with Crippen molar-refractivity contribution in [2.75, 3.05) is 39.3 Å². The normalized spacial score (nSPS) is 20.8. The van der Waals surface area contributed by atoms with E-state index in [-0.39, 0.29) is 11.5 Å². The Morgan fingerprint density at radius 3 is 2.62 bits per heavy atom. The van der Waals surface area contributed by atoms with Crippen LogP contribution in [-0.2, 0) is 0 Å². The molecule has 1 saturated carbocycles. The van der Waals surface area contributed by atoms with Gasteiger partial charge in [0.25, 0.3) is 5.91 Å². The summed E-state index contributed by atoms with van der Waals surface area (Å²) in [6.45, 7) is 10.3. The molecule has 2 N–H and O–H groups in total. The van der Waals surface area contributed by atoms with Gasteiger partial charge >= 0.3 is 0 Å². The Hall–Kier alpha value is -1.66. The van der Waals surface area contributed by atoms with Crippen molar-refractivity contribution < 1.29 is 4.79 Å². The molecule has 1 saturated heterocycles. The van der Waals surface area contributed by atoms with Crippen molar-refractivity contribution in [2.45, 2.75) is 38.6 Å². The minimum Gasteiger partial charge on any atom is -0.350 e. The molecule has 1 aromatic rings. The molecule has 132 valence electrons. The molecule has 6 heteroatoms. The third kappa shape index (κ3) is 4.24. The van der Waals surface area contributed by atoms with Crippen molar-refractivity contribution >= 4 is 5.91 Å². The smallest absolute Gasteiger partial charge is 0.251 e. The van der Waals surface area contributed by atoms with Gasteiger partial charge in [-0.3, -0.25) is 14.5 Å². The largest absolute Gasteiger partial charge is 0.350 e. The van der Waals surface area contributed by atoms with E-state index >= 15 is 0 Å². The number of hydrogen-bond donors (Lipinski definition) is 2. The minimum atomic E-state index is -0.187. The molecule has 0 bridgehead atoms. The lowest BCUT2D eigenvalue weighted by Gasteiger charge is -2.37. The monoisotopic (exact) mass is 332 g/mol. The van der Waals surface area contributed by atoms with E-state index in [0.29, 0.717) is 24.1 Å². The molecule has 2 fully saturated rings. The second-order valence-electron chi connectivity index (χ2n) is 6.99. The first kappa shape index (κ1) is 17.2. The van der Waals surface area contributed by atoms with Crippen molar-refractivity contribution in [1.82, 2.24) is 20.1 Å². The maximum Gasteiger partial charge on any atom is 0.251 e. The summed E-state index contributed by atoms with van der Waals surface area (Å²) in [5.74, 6) is 0.279. The van der Waals surface area contributed by atoms with Crippen LogP contribution in [0.5, 0.6) is 0 Å². The highest BCUT2D eigenvalue weighted by Gasteiger charge is 2.26. The lowest BCUT2D eigenvalue weighted by Crippen LogP contribution is -2.52. The standard InChI is InChI=1S/C18H28N4O2/c1-3-21-6-8-22(9-7-21)13(2)12-19-18(24)15-10-16(14-4-5-14)20-17(23)11-15/h10-11,13-14H,3-9,12H2,1-2H3,(H,19,24)(H,20,23). The Morgan fingerprint density at radius 2 is 2.00 bits per heavy atom. The predicted molar refractivity (Wildman–Crippen MR) is 94.5 cm³/mol. The van der Waals surface area contributed by atoms with E-state index < -0.39 is 0 Å². The van der Waals surface area contributed by atoms with E-state index in [1.807, 2.05) is 6.07 Å². The molecular weight excluding hydrogens is 304 g/mol. The summed E-state index contributed by atoms with van der Waals surface area (Å²) in [6, 6.07) is 3.53. The Morgan fingerprint density at radius 1 is 1.29 bits per heavy atom. The molecule has 1 unspecified atom stereocenters. The Kier molecular flexibility index (Phi) is 5.36. The number of amides is 1. The second-order valence-corrected chi connectivity index (χ2v) is 6.99. The zero-order valence-corrected chi connectivity index (χ0v) is 14.7. The molecule has 1 aliphatic heterocycles. The summed E-state index contributed by atoms with van der Waals surface area (Å²) in [7, 11) is 0. The highest BCUT2D eigenvalue weighted by Crippen LogP contribution is 2.38. The molecule has 2 aliphatic rings. The van der Waals surface area contributed by atoms with Gasteiger partial charge in [0.2, 0.25) is 5.56 Å². The van der Waals surface area contributed by atoms with Crippen molar-refractivity contribution in [3.05, 3.63) is 33.7 Å². The van der Waals surface area contributed by atoms with E-state index in [1.165, 1.54) is 6.07 Å². The Bertz CT molecular complexity index is 630. The number of carbonyl (C=O) groups excluding carboxylic acids is 1. The molecule has 3 rings (SSSR count). The topological polar surface area (TPSA) is 68.4 Å². The summed E-state index contributed by atoms with van der Waals surface area (Å²) in [5, 5.41) is 2.99. The lowest BCUT2D eigenvalue weighted by atomic mass is 10.1. The molecule has 1 amide bonds. The van der Waals surface area contributed by atoms with Gasteiger partial charge in [-0.25, -0.2) is 0 Å². The van der Waals surface area contributed by atoms with Crippen LogP contribution in [0.4, 0.5) is 0 Å². The summed E-state index contributed by atoms with van der Waals surface area (Å²) >= 11 is 0. The molecule has 24 heavy (non-hydrogen) atoms.